The minimum atomic E-state index is 0.574. The fraction of sp³-hybridized carbons (Fsp3) is 0.909. The molecule has 0 saturated heterocycles. The summed E-state index contributed by atoms with van der Waals surface area (Å²) in [6.07, 6.45) is 24.9. The summed E-state index contributed by atoms with van der Waals surface area (Å²) in [5.74, 6) is 0. The Hall–Kier alpha value is -0.660. The quantitative estimate of drug-likeness (QED) is 0.282. The van der Waals surface area contributed by atoms with Crippen molar-refractivity contribution >= 4 is 0 Å². The van der Waals surface area contributed by atoms with Gasteiger partial charge in [-0.2, -0.15) is 0 Å². The predicted octanol–water partition coefficient (Wildman–Crippen LogP) is 6.92. The maximum atomic E-state index is 2.53. The fourth-order valence-corrected chi connectivity index (χ4v) is 3.64. The van der Waals surface area contributed by atoms with Crippen LogP contribution in [0.3, 0.4) is 0 Å². The average Bonchev–Trinajstić information content (AvgIpc) is 2.93. The van der Waals surface area contributed by atoms with Crippen LogP contribution in [0.4, 0.5) is 0 Å². The number of unbranched alkanes of at least 4 members (excludes halogenated alkanes) is 12. The van der Waals surface area contributed by atoms with E-state index in [1.54, 1.807) is 0 Å². The summed E-state index contributed by atoms with van der Waals surface area (Å²) in [4.78, 5) is 5.04. The standard InChI is InChI=1S/C22H44N2/c1-4-6-8-9-10-11-12-13-14-15-17-19-24-21-20-23(22(24)3)18-16-7-5-2/h20-22H,4-19H2,1-3H3. The molecule has 0 saturated carbocycles. The lowest BCUT2D eigenvalue weighted by Gasteiger charge is -2.29. The Kier molecular flexibility index (Phi) is 13.1. The van der Waals surface area contributed by atoms with E-state index in [0.29, 0.717) is 6.17 Å². The van der Waals surface area contributed by atoms with Gasteiger partial charge in [0.2, 0.25) is 0 Å². The average molecular weight is 337 g/mol. The van der Waals surface area contributed by atoms with Crippen molar-refractivity contribution in [2.24, 2.45) is 0 Å². The molecule has 0 spiro atoms. The van der Waals surface area contributed by atoms with Crippen molar-refractivity contribution in [3.8, 4) is 0 Å². The molecule has 0 bridgehead atoms. The molecule has 1 rings (SSSR count). The van der Waals surface area contributed by atoms with Crippen molar-refractivity contribution in [2.45, 2.75) is 117 Å². The second kappa shape index (κ2) is 14.7. The Morgan fingerprint density at radius 1 is 0.542 bits per heavy atom. The molecule has 0 aromatic carbocycles. The monoisotopic (exact) mass is 336 g/mol. The molecule has 0 amide bonds. The van der Waals surface area contributed by atoms with Gasteiger partial charge in [0.15, 0.2) is 0 Å². The minimum absolute atomic E-state index is 0.574. The van der Waals surface area contributed by atoms with Gasteiger partial charge in [0.25, 0.3) is 0 Å². The molecular formula is C22H44N2. The van der Waals surface area contributed by atoms with Gasteiger partial charge in [0, 0.05) is 25.5 Å². The lowest BCUT2D eigenvalue weighted by Crippen LogP contribution is -2.36. The fourth-order valence-electron chi connectivity index (χ4n) is 3.64. The molecule has 0 N–H and O–H groups in total. The van der Waals surface area contributed by atoms with Crippen LogP contribution in [0.15, 0.2) is 12.4 Å². The van der Waals surface area contributed by atoms with E-state index >= 15 is 0 Å². The third-order valence-corrected chi connectivity index (χ3v) is 5.45. The Morgan fingerprint density at radius 3 is 1.33 bits per heavy atom. The number of hydrogen-bond donors (Lipinski definition) is 0. The van der Waals surface area contributed by atoms with Crippen LogP contribution in [0, 0.1) is 0 Å². The number of hydrogen-bond acceptors (Lipinski definition) is 2. The Bertz CT molecular complexity index is 300. The second-order valence-electron chi connectivity index (χ2n) is 7.65. The molecule has 1 heterocycles. The second-order valence-corrected chi connectivity index (χ2v) is 7.65. The molecular weight excluding hydrogens is 292 g/mol. The topological polar surface area (TPSA) is 6.48 Å². The largest absolute Gasteiger partial charge is 0.356 e. The summed E-state index contributed by atoms with van der Waals surface area (Å²) in [7, 11) is 0. The van der Waals surface area contributed by atoms with Crippen LogP contribution >= 0.6 is 0 Å². The van der Waals surface area contributed by atoms with Gasteiger partial charge in [-0.15, -0.1) is 0 Å². The van der Waals surface area contributed by atoms with Crippen LogP contribution in [-0.2, 0) is 0 Å². The molecule has 2 heteroatoms. The molecule has 1 aliphatic heterocycles. The van der Waals surface area contributed by atoms with E-state index in [-0.39, 0.29) is 0 Å². The molecule has 1 aliphatic rings. The van der Waals surface area contributed by atoms with Crippen molar-refractivity contribution < 1.29 is 0 Å². The van der Waals surface area contributed by atoms with Gasteiger partial charge in [0.05, 0.1) is 6.17 Å². The third-order valence-electron chi connectivity index (χ3n) is 5.45. The molecule has 0 aromatic heterocycles. The molecule has 0 fully saturated rings. The summed E-state index contributed by atoms with van der Waals surface area (Å²) >= 11 is 0. The Balaban J connectivity index is 1.90. The third kappa shape index (κ3) is 9.59. The van der Waals surface area contributed by atoms with Crippen molar-refractivity contribution in [2.75, 3.05) is 13.1 Å². The highest BCUT2D eigenvalue weighted by Gasteiger charge is 2.20. The van der Waals surface area contributed by atoms with Crippen LogP contribution < -0.4 is 0 Å². The van der Waals surface area contributed by atoms with Gasteiger partial charge >= 0.3 is 0 Å². The van der Waals surface area contributed by atoms with Crippen LogP contribution in [0.5, 0.6) is 0 Å². The summed E-state index contributed by atoms with van der Waals surface area (Å²) in [5, 5.41) is 0. The summed E-state index contributed by atoms with van der Waals surface area (Å²) in [6, 6.07) is 0. The van der Waals surface area contributed by atoms with E-state index in [1.165, 1.54) is 103 Å². The van der Waals surface area contributed by atoms with Gasteiger partial charge in [-0.05, 0) is 19.8 Å². The first-order chi connectivity index (χ1) is 11.8. The van der Waals surface area contributed by atoms with Gasteiger partial charge in [0.1, 0.15) is 0 Å². The first kappa shape index (κ1) is 21.4. The van der Waals surface area contributed by atoms with E-state index in [0.717, 1.165) is 0 Å². The van der Waals surface area contributed by atoms with Crippen molar-refractivity contribution in [1.29, 1.82) is 0 Å². The van der Waals surface area contributed by atoms with Crippen LogP contribution in [-0.4, -0.2) is 29.1 Å². The molecule has 0 aliphatic carbocycles. The zero-order valence-electron chi connectivity index (χ0n) is 16.9. The smallest absolute Gasteiger partial charge is 0.0977 e. The normalized spacial score (nSPS) is 17.2. The van der Waals surface area contributed by atoms with E-state index in [2.05, 4.69) is 43.0 Å². The summed E-state index contributed by atoms with van der Waals surface area (Å²) in [6.45, 7) is 9.38. The first-order valence-corrected chi connectivity index (χ1v) is 11.0. The predicted molar refractivity (Wildman–Crippen MR) is 108 cm³/mol. The van der Waals surface area contributed by atoms with Gasteiger partial charge in [-0.1, -0.05) is 90.9 Å². The Labute approximate surface area is 152 Å². The molecule has 1 unspecified atom stereocenters. The summed E-state index contributed by atoms with van der Waals surface area (Å²) < 4.78 is 0. The highest BCUT2D eigenvalue weighted by atomic mass is 15.4. The van der Waals surface area contributed by atoms with E-state index in [4.69, 9.17) is 0 Å². The van der Waals surface area contributed by atoms with Crippen LogP contribution in [0.2, 0.25) is 0 Å². The number of rotatable bonds is 16. The van der Waals surface area contributed by atoms with Gasteiger partial charge < -0.3 is 9.80 Å². The van der Waals surface area contributed by atoms with Crippen LogP contribution in [0.25, 0.3) is 0 Å². The van der Waals surface area contributed by atoms with E-state index in [9.17, 15) is 0 Å². The van der Waals surface area contributed by atoms with Crippen molar-refractivity contribution in [1.82, 2.24) is 9.80 Å². The minimum Gasteiger partial charge on any atom is -0.356 e. The van der Waals surface area contributed by atoms with E-state index in [1.807, 2.05) is 0 Å². The molecule has 2 nitrogen and oxygen atoms in total. The SMILES string of the molecule is CCCCCCCCCCCCCN1C=CN(CCCCC)C1C. The van der Waals surface area contributed by atoms with Gasteiger partial charge in [-0.3, -0.25) is 0 Å². The highest BCUT2D eigenvalue weighted by molar-refractivity contribution is 4.95. The zero-order valence-corrected chi connectivity index (χ0v) is 16.9. The highest BCUT2D eigenvalue weighted by Crippen LogP contribution is 2.18. The maximum Gasteiger partial charge on any atom is 0.0977 e. The lowest BCUT2D eigenvalue weighted by molar-refractivity contribution is 0.165. The van der Waals surface area contributed by atoms with E-state index < -0.39 is 0 Å². The van der Waals surface area contributed by atoms with Crippen molar-refractivity contribution in [3.63, 3.8) is 0 Å². The number of nitrogens with zero attached hydrogens (tertiary/aromatic N) is 2. The molecule has 142 valence electrons. The summed E-state index contributed by atoms with van der Waals surface area (Å²) in [5.41, 5.74) is 0. The van der Waals surface area contributed by atoms with Gasteiger partial charge in [-0.25, -0.2) is 0 Å². The molecule has 1 atom stereocenters. The van der Waals surface area contributed by atoms with Crippen LogP contribution in [0.1, 0.15) is 111 Å². The Morgan fingerprint density at radius 2 is 0.875 bits per heavy atom. The van der Waals surface area contributed by atoms with Crippen molar-refractivity contribution in [3.05, 3.63) is 12.4 Å². The maximum absolute atomic E-state index is 2.53. The molecule has 0 radical (unpaired) electrons. The first-order valence-electron chi connectivity index (χ1n) is 11.0. The molecule has 0 aromatic rings. The molecule has 24 heavy (non-hydrogen) atoms. The lowest BCUT2D eigenvalue weighted by atomic mass is 10.1. The zero-order chi connectivity index (χ0) is 17.5.